The number of carbonyl (C=O) groups is 1. The first kappa shape index (κ1) is 7.70. The molecule has 0 spiro atoms. The predicted molar refractivity (Wildman–Crippen MR) is 34.9 cm³/mol. The van der Waals surface area contributed by atoms with E-state index in [9.17, 15) is 4.79 Å². The molecule has 0 radical (unpaired) electrons. The molecule has 0 heterocycles. The van der Waals surface area contributed by atoms with E-state index in [2.05, 4.69) is 6.58 Å². The Kier molecular flexibility index (Phi) is 3.53. The highest BCUT2D eigenvalue weighted by Gasteiger charge is 1.96. The van der Waals surface area contributed by atoms with Crippen LogP contribution in [0.4, 0.5) is 0 Å². The standard InChI is InChI=1S/C6H9ClO/c1-3-6(8)4-5(2)7/h2-4H2,1H3. The molecule has 0 rings (SSSR count). The molecule has 0 atom stereocenters. The molecular weight excluding hydrogens is 124 g/mol. The second-order valence-corrected chi connectivity index (χ2v) is 2.12. The van der Waals surface area contributed by atoms with Crippen LogP contribution < -0.4 is 0 Å². The maximum atomic E-state index is 10.5. The fourth-order valence-corrected chi connectivity index (χ4v) is 0.488. The quantitative estimate of drug-likeness (QED) is 0.575. The Morgan fingerprint density at radius 2 is 2.25 bits per heavy atom. The molecule has 0 unspecified atom stereocenters. The van der Waals surface area contributed by atoms with Gasteiger partial charge in [0, 0.05) is 17.9 Å². The normalized spacial score (nSPS) is 8.75. The van der Waals surface area contributed by atoms with E-state index in [1.807, 2.05) is 6.92 Å². The number of hydrogen-bond acceptors (Lipinski definition) is 1. The van der Waals surface area contributed by atoms with Gasteiger partial charge in [0.05, 0.1) is 0 Å². The molecule has 0 saturated heterocycles. The fraction of sp³-hybridized carbons (Fsp3) is 0.500. The van der Waals surface area contributed by atoms with Gasteiger partial charge in [-0.1, -0.05) is 25.1 Å². The second kappa shape index (κ2) is 3.67. The lowest BCUT2D eigenvalue weighted by atomic mass is 10.2. The third kappa shape index (κ3) is 3.88. The first-order valence-corrected chi connectivity index (χ1v) is 2.89. The van der Waals surface area contributed by atoms with Gasteiger partial charge in [0.25, 0.3) is 0 Å². The van der Waals surface area contributed by atoms with Crippen LogP contribution >= 0.6 is 11.6 Å². The van der Waals surface area contributed by atoms with Crippen LogP contribution in [0.1, 0.15) is 19.8 Å². The highest BCUT2D eigenvalue weighted by molar-refractivity contribution is 6.30. The number of carbonyl (C=O) groups excluding carboxylic acids is 1. The fourth-order valence-electron chi connectivity index (χ4n) is 0.339. The zero-order valence-electron chi connectivity index (χ0n) is 4.91. The van der Waals surface area contributed by atoms with Crippen LogP contribution in [0.25, 0.3) is 0 Å². The molecule has 0 aliphatic rings. The number of ketones is 1. The van der Waals surface area contributed by atoms with E-state index in [4.69, 9.17) is 11.6 Å². The van der Waals surface area contributed by atoms with Crippen molar-refractivity contribution in [2.24, 2.45) is 0 Å². The minimum atomic E-state index is 0.144. The van der Waals surface area contributed by atoms with E-state index in [0.717, 1.165) is 0 Å². The minimum Gasteiger partial charge on any atom is -0.299 e. The van der Waals surface area contributed by atoms with Crippen molar-refractivity contribution >= 4 is 17.4 Å². The van der Waals surface area contributed by atoms with Crippen molar-refractivity contribution in [2.75, 3.05) is 0 Å². The van der Waals surface area contributed by atoms with Crippen LogP contribution in [0.15, 0.2) is 11.6 Å². The van der Waals surface area contributed by atoms with E-state index in [1.54, 1.807) is 0 Å². The molecule has 0 aliphatic carbocycles. The Bertz CT molecular complexity index is 107. The number of rotatable bonds is 3. The van der Waals surface area contributed by atoms with Crippen LogP contribution in [0, 0.1) is 0 Å². The molecule has 0 aromatic rings. The van der Waals surface area contributed by atoms with Gasteiger partial charge in [-0.25, -0.2) is 0 Å². The summed E-state index contributed by atoms with van der Waals surface area (Å²) in [5.41, 5.74) is 0. The highest BCUT2D eigenvalue weighted by atomic mass is 35.5. The Hall–Kier alpha value is -0.300. The second-order valence-electron chi connectivity index (χ2n) is 1.59. The van der Waals surface area contributed by atoms with Gasteiger partial charge in [-0.15, -0.1) is 0 Å². The van der Waals surface area contributed by atoms with Crippen molar-refractivity contribution in [3.05, 3.63) is 11.6 Å². The Morgan fingerprint density at radius 3 is 2.38 bits per heavy atom. The maximum Gasteiger partial charge on any atom is 0.137 e. The lowest BCUT2D eigenvalue weighted by molar-refractivity contribution is -0.118. The Morgan fingerprint density at radius 1 is 1.75 bits per heavy atom. The van der Waals surface area contributed by atoms with E-state index < -0.39 is 0 Å². The van der Waals surface area contributed by atoms with Gasteiger partial charge in [-0.3, -0.25) is 4.79 Å². The van der Waals surface area contributed by atoms with E-state index >= 15 is 0 Å². The van der Waals surface area contributed by atoms with Crippen molar-refractivity contribution in [3.63, 3.8) is 0 Å². The number of hydrogen-bond donors (Lipinski definition) is 0. The summed E-state index contributed by atoms with van der Waals surface area (Å²) in [6, 6.07) is 0. The molecule has 0 aromatic carbocycles. The minimum absolute atomic E-state index is 0.144. The zero-order valence-corrected chi connectivity index (χ0v) is 5.66. The molecule has 0 amide bonds. The van der Waals surface area contributed by atoms with Gasteiger partial charge in [0.1, 0.15) is 5.78 Å². The monoisotopic (exact) mass is 132 g/mol. The molecule has 0 saturated carbocycles. The first-order chi connectivity index (χ1) is 3.66. The summed E-state index contributed by atoms with van der Waals surface area (Å²) in [4.78, 5) is 10.5. The van der Waals surface area contributed by atoms with E-state index in [-0.39, 0.29) is 5.78 Å². The van der Waals surface area contributed by atoms with Crippen LogP contribution in [0.3, 0.4) is 0 Å². The summed E-state index contributed by atoms with van der Waals surface area (Å²) < 4.78 is 0. The van der Waals surface area contributed by atoms with Crippen molar-refractivity contribution in [3.8, 4) is 0 Å². The number of Topliss-reactive ketones (excluding diaryl/α,β-unsaturated/α-hetero) is 1. The highest BCUT2D eigenvalue weighted by Crippen LogP contribution is 2.04. The Labute approximate surface area is 54.3 Å². The number of allylic oxidation sites excluding steroid dienone is 1. The van der Waals surface area contributed by atoms with E-state index in [0.29, 0.717) is 17.9 Å². The maximum absolute atomic E-state index is 10.5. The molecule has 0 aromatic heterocycles. The van der Waals surface area contributed by atoms with Gasteiger partial charge in [-0.05, 0) is 0 Å². The summed E-state index contributed by atoms with van der Waals surface area (Å²) in [6.07, 6.45) is 0.865. The lowest BCUT2D eigenvalue weighted by Crippen LogP contribution is -1.92. The summed E-state index contributed by atoms with van der Waals surface area (Å²) in [5.74, 6) is 0.144. The number of halogens is 1. The summed E-state index contributed by atoms with van der Waals surface area (Å²) >= 11 is 5.34. The SMILES string of the molecule is C=C(Cl)CC(=O)CC. The summed E-state index contributed by atoms with van der Waals surface area (Å²) in [7, 11) is 0. The van der Waals surface area contributed by atoms with Gasteiger partial charge >= 0.3 is 0 Å². The average Bonchev–Trinajstić information content (AvgIpc) is 1.65. The predicted octanol–water partition coefficient (Wildman–Crippen LogP) is 2.11. The lowest BCUT2D eigenvalue weighted by Gasteiger charge is -1.90. The van der Waals surface area contributed by atoms with Crippen LogP contribution in [-0.2, 0) is 4.79 Å². The molecule has 0 aliphatic heterocycles. The van der Waals surface area contributed by atoms with Gasteiger partial charge in [0.2, 0.25) is 0 Å². The molecule has 0 bridgehead atoms. The van der Waals surface area contributed by atoms with Crippen molar-refractivity contribution < 1.29 is 4.79 Å². The van der Waals surface area contributed by atoms with Crippen LogP contribution in [-0.4, -0.2) is 5.78 Å². The molecule has 1 nitrogen and oxygen atoms in total. The summed E-state index contributed by atoms with van der Waals surface area (Å²) in [6.45, 7) is 5.20. The van der Waals surface area contributed by atoms with Gasteiger partial charge in [-0.2, -0.15) is 0 Å². The molecular formula is C6H9ClO. The summed E-state index contributed by atoms with van der Waals surface area (Å²) in [5, 5.41) is 0.428. The van der Waals surface area contributed by atoms with Gasteiger partial charge in [0.15, 0.2) is 0 Å². The molecule has 0 N–H and O–H groups in total. The van der Waals surface area contributed by atoms with Gasteiger partial charge < -0.3 is 0 Å². The molecule has 2 heteroatoms. The molecule has 46 valence electrons. The average molecular weight is 133 g/mol. The zero-order chi connectivity index (χ0) is 6.57. The van der Waals surface area contributed by atoms with Crippen LogP contribution in [0.2, 0.25) is 0 Å². The largest absolute Gasteiger partial charge is 0.299 e. The van der Waals surface area contributed by atoms with Crippen molar-refractivity contribution in [2.45, 2.75) is 19.8 Å². The topological polar surface area (TPSA) is 17.1 Å². The third-order valence-corrected chi connectivity index (χ3v) is 0.917. The van der Waals surface area contributed by atoms with Crippen LogP contribution in [0.5, 0.6) is 0 Å². The van der Waals surface area contributed by atoms with Crippen molar-refractivity contribution in [1.29, 1.82) is 0 Å². The van der Waals surface area contributed by atoms with E-state index in [1.165, 1.54) is 0 Å². The van der Waals surface area contributed by atoms with Crippen molar-refractivity contribution in [1.82, 2.24) is 0 Å². The first-order valence-electron chi connectivity index (χ1n) is 2.51. The smallest absolute Gasteiger partial charge is 0.137 e. The molecule has 0 fully saturated rings. The Balaban J connectivity index is 3.40. The third-order valence-electron chi connectivity index (χ3n) is 0.783. The molecule has 8 heavy (non-hydrogen) atoms.